The molecule has 0 aliphatic carbocycles. The van der Waals surface area contributed by atoms with Crippen LogP contribution in [-0.4, -0.2) is 40.8 Å². The summed E-state index contributed by atoms with van der Waals surface area (Å²) in [5.74, 6) is 0.141. The highest BCUT2D eigenvalue weighted by Gasteiger charge is 2.15. The predicted octanol–water partition coefficient (Wildman–Crippen LogP) is 1.73. The number of fused-ring (bicyclic) bond motifs is 1. The molecule has 158 valence electrons. The number of nitrogens with one attached hydrogen (secondary N) is 2. The molecule has 0 spiro atoms. The first-order valence-electron chi connectivity index (χ1n) is 10.4. The van der Waals surface area contributed by atoms with Crippen LogP contribution in [0.1, 0.15) is 19.4 Å². The largest absolute Gasteiger partial charge is 0.351 e. The standard InChI is InChI=1S/C23H28N4O2S/c1-3-26(4-2)14-15-27-22(29)19-12-8-9-13-20(19)25-23(27)30-17-21(28)24-16-18-10-6-5-7-11-18/h5-13H,3-4,14-17H2,1-2H3,(H,24,28)/p+1. The lowest BCUT2D eigenvalue weighted by atomic mass is 10.2. The van der Waals surface area contributed by atoms with Gasteiger partial charge in [0.2, 0.25) is 5.91 Å². The zero-order valence-corrected chi connectivity index (χ0v) is 18.4. The summed E-state index contributed by atoms with van der Waals surface area (Å²) in [5, 5.41) is 4.14. The highest BCUT2D eigenvalue weighted by molar-refractivity contribution is 7.99. The first-order chi connectivity index (χ1) is 14.6. The summed E-state index contributed by atoms with van der Waals surface area (Å²) in [5.41, 5.74) is 1.68. The lowest BCUT2D eigenvalue weighted by Gasteiger charge is -2.18. The maximum absolute atomic E-state index is 13.1. The molecule has 30 heavy (non-hydrogen) atoms. The molecule has 0 saturated heterocycles. The second-order valence-electron chi connectivity index (χ2n) is 7.13. The van der Waals surface area contributed by atoms with Crippen molar-refractivity contribution in [1.82, 2.24) is 14.9 Å². The molecule has 0 aliphatic heterocycles. The van der Waals surface area contributed by atoms with Crippen LogP contribution in [-0.2, 0) is 17.9 Å². The summed E-state index contributed by atoms with van der Waals surface area (Å²) in [6.07, 6.45) is 0. The van der Waals surface area contributed by atoms with Crippen molar-refractivity contribution in [1.29, 1.82) is 0 Å². The quantitative estimate of drug-likeness (QED) is 0.383. The molecule has 0 unspecified atom stereocenters. The van der Waals surface area contributed by atoms with Crippen molar-refractivity contribution in [3.8, 4) is 0 Å². The molecule has 1 aromatic heterocycles. The van der Waals surface area contributed by atoms with Crippen molar-refractivity contribution in [2.75, 3.05) is 25.4 Å². The monoisotopic (exact) mass is 425 g/mol. The van der Waals surface area contributed by atoms with E-state index in [9.17, 15) is 9.59 Å². The lowest BCUT2D eigenvalue weighted by molar-refractivity contribution is -0.897. The Morgan fingerprint density at radius 2 is 1.77 bits per heavy atom. The molecule has 2 aromatic carbocycles. The van der Waals surface area contributed by atoms with Crippen LogP contribution < -0.4 is 15.8 Å². The van der Waals surface area contributed by atoms with E-state index in [0.717, 1.165) is 25.2 Å². The van der Waals surface area contributed by atoms with Crippen molar-refractivity contribution in [3.05, 3.63) is 70.5 Å². The number of hydrogen-bond donors (Lipinski definition) is 2. The molecule has 0 bridgehead atoms. The number of aromatic nitrogens is 2. The normalized spacial score (nSPS) is 11.2. The van der Waals surface area contributed by atoms with Gasteiger partial charge in [-0.25, -0.2) is 4.98 Å². The van der Waals surface area contributed by atoms with Crippen LogP contribution in [0.25, 0.3) is 10.9 Å². The van der Waals surface area contributed by atoms with Crippen LogP contribution in [0.5, 0.6) is 0 Å². The number of likely N-dealkylation sites (N-methyl/N-ethyl adjacent to an activating group) is 1. The Morgan fingerprint density at radius 1 is 1.07 bits per heavy atom. The SMILES string of the molecule is CC[NH+](CC)CCn1c(SCC(=O)NCc2ccccc2)nc2ccccc2c1=O. The first-order valence-corrected chi connectivity index (χ1v) is 11.4. The van der Waals surface area contributed by atoms with E-state index >= 15 is 0 Å². The van der Waals surface area contributed by atoms with Crippen LogP contribution in [0, 0.1) is 0 Å². The second-order valence-corrected chi connectivity index (χ2v) is 8.07. The number of nitrogens with zero attached hydrogens (tertiary/aromatic N) is 2. The van der Waals surface area contributed by atoms with Crippen molar-refractivity contribution in [2.24, 2.45) is 0 Å². The van der Waals surface area contributed by atoms with E-state index in [0.29, 0.717) is 29.1 Å². The fourth-order valence-electron chi connectivity index (χ4n) is 3.31. The van der Waals surface area contributed by atoms with E-state index in [1.165, 1.54) is 16.7 Å². The average molecular weight is 426 g/mol. The summed E-state index contributed by atoms with van der Waals surface area (Å²) < 4.78 is 1.72. The van der Waals surface area contributed by atoms with E-state index in [1.54, 1.807) is 4.57 Å². The smallest absolute Gasteiger partial charge is 0.262 e. The highest BCUT2D eigenvalue weighted by Crippen LogP contribution is 2.17. The van der Waals surface area contributed by atoms with Gasteiger partial charge in [-0.1, -0.05) is 54.2 Å². The van der Waals surface area contributed by atoms with Gasteiger partial charge in [0, 0.05) is 6.54 Å². The molecular weight excluding hydrogens is 396 g/mol. The third kappa shape index (κ3) is 5.70. The Bertz CT molecular complexity index is 1030. The molecule has 0 atom stereocenters. The average Bonchev–Trinajstić information content (AvgIpc) is 2.79. The lowest BCUT2D eigenvalue weighted by Crippen LogP contribution is -3.11. The zero-order valence-electron chi connectivity index (χ0n) is 17.6. The summed E-state index contributed by atoms with van der Waals surface area (Å²) in [6.45, 7) is 8.24. The van der Waals surface area contributed by atoms with E-state index < -0.39 is 0 Å². The van der Waals surface area contributed by atoms with Crippen LogP contribution in [0.2, 0.25) is 0 Å². The van der Waals surface area contributed by atoms with Crippen molar-refractivity contribution < 1.29 is 9.69 Å². The Kier molecular flexibility index (Phi) is 8.04. The molecule has 1 heterocycles. The van der Waals surface area contributed by atoms with Crippen molar-refractivity contribution >= 4 is 28.6 Å². The van der Waals surface area contributed by atoms with Gasteiger partial charge in [-0.05, 0) is 31.5 Å². The molecule has 6 nitrogen and oxygen atoms in total. The Morgan fingerprint density at radius 3 is 2.50 bits per heavy atom. The number of quaternary nitrogens is 1. The molecule has 0 fully saturated rings. The van der Waals surface area contributed by atoms with Crippen LogP contribution >= 0.6 is 11.8 Å². The van der Waals surface area contributed by atoms with E-state index in [4.69, 9.17) is 4.98 Å². The van der Waals surface area contributed by atoms with Gasteiger partial charge in [0.15, 0.2) is 5.16 Å². The molecule has 2 N–H and O–H groups in total. The van der Waals surface area contributed by atoms with Gasteiger partial charge in [0.1, 0.15) is 0 Å². The number of carbonyl (C=O) groups is 1. The summed E-state index contributed by atoms with van der Waals surface area (Å²) in [6, 6.07) is 17.2. The molecule has 3 aromatic rings. The number of amides is 1. The highest BCUT2D eigenvalue weighted by atomic mass is 32.2. The topological polar surface area (TPSA) is 68.4 Å². The Labute approximate surface area is 181 Å². The number of para-hydroxylation sites is 1. The second kappa shape index (κ2) is 10.9. The summed E-state index contributed by atoms with van der Waals surface area (Å²) in [4.78, 5) is 31.6. The Balaban J connectivity index is 1.74. The van der Waals surface area contributed by atoms with Gasteiger partial charge in [-0.3, -0.25) is 14.2 Å². The maximum atomic E-state index is 13.1. The summed E-state index contributed by atoms with van der Waals surface area (Å²) in [7, 11) is 0. The summed E-state index contributed by atoms with van der Waals surface area (Å²) >= 11 is 1.32. The van der Waals surface area contributed by atoms with Gasteiger partial charge < -0.3 is 10.2 Å². The Hall–Kier alpha value is -2.64. The minimum atomic E-state index is -0.0767. The zero-order chi connectivity index (χ0) is 21.3. The van der Waals surface area contributed by atoms with Crippen LogP contribution in [0.15, 0.2) is 64.5 Å². The maximum Gasteiger partial charge on any atom is 0.262 e. The molecular formula is C23H29N4O2S+. The first kappa shape index (κ1) is 22.1. The third-order valence-corrected chi connectivity index (χ3v) is 6.16. The van der Waals surface area contributed by atoms with Crippen molar-refractivity contribution in [2.45, 2.75) is 32.1 Å². The number of thioether (sulfide) groups is 1. The number of benzene rings is 2. The van der Waals surface area contributed by atoms with E-state index in [2.05, 4.69) is 19.2 Å². The van der Waals surface area contributed by atoms with Gasteiger partial charge in [-0.15, -0.1) is 0 Å². The molecule has 3 rings (SSSR count). The van der Waals surface area contributed by atoms with Gasteiger partial charge in [-0.2, -0.15) is 0 Å². The minimum Gasteiger partial charge on any atom is -0.351 e. The molecule has 0 radical (unpaired) electrons. The molecule has 7 heteroatoms. The van der Waals surface area contributed by atoms with Crippen LogP contribution in [0.3, 0.4) is 0 Å². The minimum absolute atomic E-state index is 0.0423. The molecule has 0 saturated carbocycles. The fourth-order valence-corrected chi connectivity index (χ4v) is 4.16. The van der Waals surface area contributed by atoms with Gasteiger partial charge in [0.05, 0.1) is 42.8 Å². The number of rotatable bonds is 10. The van der Waals surface area contributed by atoms with Gasteiger partial charge in [0.25, 0.3) is 5.56 Å². The van der Waals surface area contributed by atoms with Crippen LogP contribution in [0.4, 0.5) is 0 Å². The van der Waals surface area contributed by atoms with E-state index in [1.807, 2.05) is 54.6 Å². The third-order valence-electron chi connectivity index (χ3n) is 5.18. The van der Waals surface area contributed by atoms with Crippen molar-refractivity contribution in [3.63, 3.8) is 0 Å². The van der Waals surface area contributed by atoms with E-state index in [-0.39, 0.29) is 17.2 Å². The fraction of sp³-hybridized carbons (Fsp3) is 0.348. The predicted molar refractivity (Wildman–Crippen MR) is 122 cm³/mol. The number of hydrogen-bond acceptors (Lipinski definition) is 4. The number of carbonyl (C=O) groups excluding carboxylic acids is 1. The molecule has 0 aliphatic rings. The van der Waals surface area contributed by atoms with Gasteiger partial charge >= 0.3 is 0 Å². The molecule has 1 amide bonds.